The van der Waals surface area contributed by atoms with E-state index >= 15 is 0 Å². The zero-order valence-corrected chi connectivity index (χ0v) is 12.7. The Kier molecular flexibility index (Phi) is 4.89. The maximum absolute atomic E-state index is 12.4. The zero-order valence-electron chi connectivity index (χ0n) is 11.2. The van der Waals surface area contributed by atoms with Gasteiger partial charge in [0.2, 0.25) is 5.91 Å². The Hall–Kier alpha value is -1.26. The Morgan fingerprint density at radius 1 is 1.25 bits per heavy atom. The van der Waals surface area contributed by atoms with Crippen LogP contribution in [0.25, 0.3) is 0 Å². The lowest BCUT2D eigenvalue weighted by atomic mass is 10.0. The molecule has 0 aromatic heterocycles. The van der Waals surface area contributed by atoms with Crippen LogP contribution in [0, 0.1) is 0 Å². The van der Waals surface area contributed by atoms with Gasteiger partial charge in [0.05, 0.1) is 0 Å². The van der Waals surface area contributed by atoms with Crippen molar-refractivity contribution in [3.05, 3.63) is 33.8 Å². The number of carbonyl (C=O) groups excluding carboxylic acids is 2. The number of carbonyl (C=O) groups is 2. The van der Waals surface area contributed by atoms with Gasteiger partial charge < -0.3 is 10.2 Å². The quantitative estimate of drug-likeness (QED) is 0.912. The average Bonchev–Trinajstić information content (AvgIpc) is 2.36. The van der Waals surface area contributed by atoms with E-state index in [9.17, 15) is 9.59 Å². The van der Waals surface area contributed by atoms with Crippen LogP contribution < -0.4 is 5.32 Å². The molecule has 6 heteroatoms. The van der Waals surface area contributed by atoms with Crippen molar-refractivity contribution < 1.29 is 9.59 Å². The molecule has 1 unspecified atom stereocenters. The van der Waals surface area contributed by atoms with Crippen LogP contribution in [0.15, 0.2) is 18.2 Å². The molecule has 1 aromatic carbocycles. The van der Waals surface area contributed by atoms with Gasteiger partial charge in [-0.1, -0.05) is 23.2 Å². The van der Waals surface area contributed by atoms with E-state index in [2.05, 4.69) is 5.32 Å². The molecule has 0 saturated carbocycles. The van der Waals surface area contributed by atoms with Crippen molar-refractivity contribution >= 4 is 35.0 Å². The SMILES string of the molecule is CC(=O)NC1CCCN(C(=O)c2cc(Cl)cc(Cl)c2)C1. The molecule has 0 aliphatic carbocycles. The van der Waals surface area contributed by atoms with Gasteiger partial charge in [-0.3, -0.25) is 9.59 Å². The zero-order chi connectivity index (χ0) is 14.7. The number of rotatable bonds is 2. The predicted molar refractivity (Wildman–Crippen MR) is 79.2 cm³/mol. The monoisotopic (exact) mass is 314 g/mol. The van der Waals surface area contributed by atoms with Crippen LogP contribution in [0.2, 0.25) is 10.0 Å². The van der Waals surface area contributed by atoms with Crippen molar-refractivity contribution in [2.24, 2.45) is 0 Å². The minimum atomic E-state index is -0.107. The third kappa shape index (κ3) is 3.87. The molecule has 1 N–H and O–H groups in total. The summed E-state index contributed by atoms with van der Waals surface area (Å²) in [6.45, 7) is 2.68. The van der Waals surface area contributed by atoms with E-state index in [0.29, 0.717) is 28.7 Å². The first-order valence-electron chi connectivity index (χ1n) is 6.48. The van der Waals surface area contributed by atoms with E-state index in [1.807, 2.05) is 0 Å². The third-order valence-electron chi connectivity index (χ3n) is 3.23. The summed E-state index contributed by atoms with van der Waals surface area (Å²) in [4.78, 5) is 25.3. The Labute approximate surface area is 128 Å². The van der Waals surface area contributed by atoms with Gasteiger partial charge in [0.25, 0.3) is 5.91 Å². The van der Waals surface area contributed by atoms with Gasteiger partial charge in [-0.05, 0) is 31.0 Å². The highest BCUT2D eigenvalue weighted by atomic mass is 35.5. The van der Waals surface area contributed by atoms with E-state index in [1.165, 1.54) is 6.92 Å². The first-order chi connectivity index (χ1) is 9.45. The summed E-state index contributed by atoms with van der Waals surface area (Å²) in [6.07, 6.45) is 1.75. The maximum Gasteiger partial charge on any atom is 0.254 e. The van der Waals surface area contributed by atoms with Crippen molar-refractivity contribution in [1.29, 1.82) is 0 Å². The standard InChI is InChI=1S/C14H16Cl2N2O2/c1-9(19)17-13-3-2-4-18(8-13)14(20)10-5-11(15)7-12(16)6-10/h5-7,13H,2-4,8H2,1H3,(H,17,19). The number of nitrogens with one attached hydrogen (secondary N) is 1. The normalized spacial score (nSPS) is 18.8. The van der Waals surface area contributed by atoms with Gasteiger partial charge in [-0.15, -0.1) is 0 Å². The summed E-state index contributed by atoms with van der Waals surface area (Å²) in [5.74, 6) is -0.181. The fraction of sp³-hybridized carbons (Fsp3) is 0.429. The lowest BCUT2D eigenvalue weighted by Gasteiger charge is -2.33. The molecule has 20 heavy (non-hydrogen) atoms. The van der Waals surface area contributed by atoms with E-state index in [-0.39, 0.29) is 17.9 Å². The molecular weight excluding hydrogens is 299 g/mol. The second kappa shape index (κ2) is 6.46. The summed E-state index contributed by atoms with van der Waals surface area (Å²) in [5.41, 5.74) is 0.478. The number of hydrogen-bond donors (Lipinski definition) is 1. The molecule has 2 amide bonds. The van der Waals surface area contributed by atoms with Crippen molar-refractivity contribution in [2.45, 2.75) is 25.8 Å². The number of nitrogens with zero attached hydrogens (tertiary/aromatic N) is 1. The van der Waals surface area contributed by atoms with Gasteiger partial charge in [0, 0.05) is 41.7 Å². The van der Waals surface area contributed by atoms with E-state index in [0.717, 1.165) is 12.8 Å². The smallest absolute Gasteiger partial charge is 0.254 e. The molecule has 1 aromatic rings. The fourth-order valence-electron chi connectivity index (χ4n) is 2.43. The van der Waals surface area contributed by atoms with Crippen molar-refractivity contribution in [3.8, 4) is 0 Å². The molecule has 1 saturated heterocycles. The average molecular weight is 315 g/mol. The summed E-state index contributed by atoms with van der Waals surface area (Å²) >= 11 is 11.8. The minimum Gasteiger partial charge on any atom is -0.352 e. The van der Waals surface area contributed by atoms with Gasteiger partial charge in [0.15, 0.2) is 0 Å². The lowest BCUT2D eigenvalue weighted by Crippen LogP contribution is -2.49. The number of likely N-dealkylation sites (tertiary alicyclic amines) is 1. The van der Waals surface area contributed by atoms with Gasteiger partial charge in [0.1, 0.15) is 0 Å². The Morgan fingerprint density at radius 3 is 2.50 bits per heavy atom. The van der Waals surface area contributed by atoms with Crippen LogP contribution in [0.5, 0.6) is 0 Å². The molecule has 0 spiro atoms. The Balaban J connectivity index is 2.10. The van der Waals surface area contributed by atoms with Crippen molar-refractivity contribution in [2.75, 3.05) is 13.1 Å². The molecule has 1 aliphatic rings. The maximum atomic E-state index is 12.4. The predicted octanol–water partition coefficient (Wildman–Crippen LogP) is 2.73. The van der Waals surface area contributed by atoms with Crippen LogP contribution in [0.3, 0.4) is 0 Å². The molecule has 0 radical (unpaired) electrons. The first kappa shape index (κ1) is 15.1. The lowest BCUT2D eigenvalue weighted by molar-refractivity contribution is -0.120. The van der Waals surface area contributed by atoms with E-state index < -0.39 is 0 Å². The molecule has 1 atom stereocenters. The third-order valence-corrected chi connectivity index (χ3v) is 3.66. The summed E-state index contributed by atoms with van der Waals surface area (Å²) < 4.78 is 0. The molecule has 1 aliphatic heterocycles. The van der Waals surface area contributed by atoms with Gasteiger partial charge in [-0.25, -0.2) is 0 Å². The highest BCUT2D eigenvalue weighted by molar-refractivity contribution is 6.35. The van der Waals surface area contributed by atoms with Crippen molar-refractivity contribution in [3.63, 3.8) is 0 Å². The second-order valence-electron chi connectivity index (χ2n) is 4.95. The number of halogens is 2. The summed E-state index contributed by atoms with van der Waals surface area (Å²) in [6, 6.07) is 4.83. The molecule has 2 rings (SSSR count). The number of hydrogen-bond acceptors (Lipinski definition) is 2. The Morgan fingerprint density at radius 2 is 1.90 bits per heavy atom. The fourth-order valence-corrected chi connectivity index (χ4v) is 2.95. The van der Waals surface area contributed by atoms with E-state index in [1.54, 1.807) is 23.1 Å². The highest BCUT2D eigenvalue weighted by Gasteiger charge is 2.25. The van der Waals surface area contributed by atoms with Crippen LogP contribution in [0.4, 0.5) is 0 Å². The van der Waals surface area contributed by atoms with Crippen molar-refractivity contribution in [1.82, 2.24) is 10.2 Å². The number of piperidine rings is 1. The Bertz CT molecular complexity index is 514. The van der Waals surface area contributed by atoms with Crippen LogP contribution >= 0.6 is 23.2 Å². The molecular formula is C14H16Cl2N2O2. The minimum absolute atomic E-state index is 0.0138. The largest absolute Gasteiger partial charge is 0.352 e. The molecule has 1 fully saturated rings. The van der Waals surface area contributed by atoms with Crippen LogP contribution in [-0.4, -0.2) is 35.8 Å². The second-order valence-corrected chi connectivity index (χ2v) is 5.82. The van der Waals surface area contributed by atoms with Crippen LogP contribution in [0.1, 0.15) is 30.1 Å². The summed E-state index contributed by atoms with van der Waals surface area (Å²) in [7, 11) is 0. The number of benzene rings is 1. The molecule has 108 valence electrons. The van der Waals surface area contributed by atoms with Crippen LogP contribution in [-0.2, 0) is 4.79 Å². The topological polar surface area (TPSA) is 49.4 Å². The summed E-state index contributed by atoms with van der Waals surface area (Å²) in [5, 5.41) is 3.74. The molecule has 1 heterocycles. The first-order valence-corrected chi connectivity index (χ1v) is 7.24. The van der Waals surface area contributed by atoms with E-state index in [4.69, 9.17) is 23.2 Å². The van der Waals surface area contributed by atoms with Gasteiger partial charge >= 0.3 is 0 Å². The molecule has 0 bridgehead atoms. The highest BCUT2D eigenvalue weighted by Crippen LogP contribution is 2.21. The van der Waals surface area contributed by atoms with Gasteiger partial charge in [-0.2, -0.15) is 0 Å². The number of amides is 2. The molecule has 4 nitrogen and oxygen atoms in total.